The number of nitro benzene ring substituents is 1. The van der Waals surface area contributed by atoms with Gasteiger partial charge in [0.1, 0.15) is 5.69 Å². The second kappa shape index (κ2) is 6.93. The first-order valence-electron chi connectivity index (χ1n) is 7.19. The minimum Gasteiger partial charge on any atom is -0.366 e. The molecule has 0 atom stereocenters. The van der Waals surface area contributed by atoms with Crippen LogP contribution in [0.1, 0.15) is 44.1 Å². The molecule has 0 heterocycles. The van der Waals surface area contributed by atoms with E-state index in [1.807, 2.05) is 19.2 Å². The first-order valence-corrected chi connectivity index (χ1v) is 7.73. The monoisotopic (exact) mass is 296 g/mol. The van der Waals surface area contributed by atoms with Crippen molar-refractivity contribution in [3.8, 4) is 0 Å². The van der Waals surface area contributed by atoms with Crippen molar-refractivity contribution < 1.29 is 4.92 Å². The van der Waals surface area contributed by atoms with Crippen molar-refractivity contribution >= 4 is 23.0 Å². The average molecular weight is 297 g/mol. The van der Waals surface area contributed by atoms with Crippen molar-refractivity contribution in [2.24, 2.45) is 0 Å². The molecule has 0 aliphatic heterocycles. The van der Waals surface area contributed by atoms with Gasteiger partial charge >= 0.3 is 0 Å². The first kappa shape index (κ1) is 15.1. The summed E-state index contributed by atoms with van der Waals surface area (Å²) in [6.07, 6.45) is 7.20. The molecule has 1 aliphatic carbocycles. The topological polar surface area (TPSA) is 46.4 Å². The number of nitrogens with zero attached hydrogens (tertiary/aromatic N) is 2. The summed E-state index contributed by atoms with van der Waals surface area (Å²) in [6, 6.07) is 5.71. The van der Waals surface area contributed by atoms with Gasteiger partial charge in [0, 0.05) is 25.0 Å². The normalized spacial score (nSPS) is 16.7. The highest BCUT2D eigenvalue weighted by atomic mass is 35.5. The van der Waals surface area contributed by atoms with Crippen molar-refractivity contribution in [1.29, 1.82) is 0 Å². The number of benzene rings is 1. The highest BCUT2D eigenvalue weighted by Crippen LogP contribution is 2.33. The number of rotatable bonds is 4. The fourth-order valence-electron chi connectivity index (χ4n) is 2.94. The summed E-state index contributed by atoms with van der Waals surface area (Å²) in [4.78, 5) is 13.1. The third-order valence-electron chi connectivity index (χ3n) is 4.14. The average Bonchev–Trinajstić information content (AvgIpc) is 2.74. The van der Waals surface area contributed by atoms with Crippen molar-refractivity contribution in [1.82, 2.24) is 0 Å². The summed E-state index contributed by atoms with van der Waals surface area (Å²) in [5.41, 5.74) is 1.65. The molecule has 5 heteroatoms. The predicted octanol–water partition coefficient (Wildman–Crippen LogP) is 4.49. The summed E-state index contributed by atoms with van der Waals surface area (Å²) in [5, 5.41) is 11.3. The van der Waals surface area contributed by atoms with E-state index in [1.54, 1.807) is 6.07 Å². The van der Waals surface area contributed by atoms with Gasteiger partial charge in [0.05, 0.1) is 4.92 Å². The van der Waals surface area contributed by atoms with Crippen LogP contribution in [0.2, 0.25) is 0 Å². The summed E-state index contributed by atoms with van der Waals surface area (Å²) in [7, 11) is 1.97. The van der Waals surface area contributed by atoms with Crippen LogP contribution in [0.25, 0.3) is 0 Å². The second-order valence-corrected chi connectivity index (χ2v) is 5.74. The van der Waals surface area contributed by atoms with Crippen LogP contribution in [0, 0.1) is 10.1 Å². The lowest BCUT2D eigenvalue weighted by Gasteiger charge is -2.29. The Morgan fingerprint density at radius 1 is 1.30 bits per heavy atom. The maximum Gasteiger partial charge on any atom is 0.292 e. The Bertz CT molecular complexity index is 471. The van der Waals surface area contributed by atoms with E-state index < -0.39 is 0 Å². The van der Waals surface area contributed by atoms with Crippen LogP contribution < -0.4 is 4.90 Å². The lowest BCUT2D eigenvalue weighted by Crippen LogP contribution is -2.31. The zero-order valence-electron chi connectivity index (χ0n) is 11.8. The van der Waals surface area contributed by atoms with Crippen LogP contribution in [0.5, 0.6) is 0 Å². The molecule has 0 N–H and O–H groups in total. The minimum atomic E-state index is -0.307. The Hall–Kier alpha value is -1.29. The fourth-order valence-corrected chi connectivity index (χ4v) is 3.10. The van der Waals surface area contributed by atoms with E-state index in [9.17, 15) is 10.1 Å². The molecule has 1 aromatic rings. The van der Waals surface area contributed by atoms with Crippen LogP contribution >= 0.6 is 11.6 Å². The largest absolute Gasteiger partial charge is 0.366 e. The quantitative estimate of drug-likeness (QED) is 0.356. The lowest BCUT2D eigenvalue weighted by atomic mass is 10.1. The van der Waals surface area contributed by atoms with Gasteiger partial charge in [-0.2, -0.15) is 0 Å². The van der Waals surface area contributed by atoms with Gasteiger partial charge in [-0.1, -0.05) is 31.7 Å². The van der Waals surface area contributed by atoms with E-state index >= 15 is 0 Å². The lowest BCUT2D eigenvalue weighted by molar-refractivity contribution is -0.384. The number of hydrogen-bond acceptors (Lipinski definition) is 3. The molecule has 0 bridgehead atoms. The maximum atomic E-state index is 11.3. The highest BCUT2D eigenvalue weighted by molar-refractivity contribution is 6.17. The second-order valence-electron chi connectivity index (χ2n) is 5.47. The van der Waals surface area contributed by atoms with Crippen LogP contribution in [-0.2, 0) is 5.88 Å². The third-order valence-corrected chi connectivity index (χ3v) is 4.45. The number of alkyl halides is 1. The minimum absolute atomic E-state index is 0.162. The Balaban J connectivity index is 2.27. The van der Waals surface area contributed by atoms with Gasteiger partial charge in [-0.25, -0.2) is 0 Å². The maximum absolute atomic E-state index is 11.3. The summed E-state index contributed by atoms with van der Waals surface area (Å²) in [5.74, 6) is 0.300. The van der Waals surface area contributed by atoms with E-state index in [4.69, 9.17) is 11.6 Å². The molecule has 20 heavy (non-hydrogen) atoms. The molecule has 0 aromatic heterocycles. The van der Waals surface area contributed by atoms with Gasteiger partial charge in [0.15, 0.2) is 0 Å². The highest BCUT2D eigenvalue weighted by Gasteiger charge is 2.23. The van der Waals surface area contributed by atoms with E-state index in [2.05, 4.69) is 4.90 Å². The van der Waals surface area contributed by atoms with Crippen molar-refractivity contribution in [2.75, 3.05) is 11.9 Å². The van der Waals surface area contributed by atoms with Gasteiger partial charge in [-0.3, -0.25) is 10.1 Å². The van der Waals surface area contributed by atoms with Crippen LogP contribution in [0.15, 0.2) is 18.2 Å². The molecule has 0 spiro atoms. The van der Waals surface area contributed by atoms with E-state index in [-0.39, 0.29) is 10.6 Å². The molecule has 0 unspecified atom stereocenters. The molecule has 0 amide bonds. The fraction of sp³-hybridized carbons (Fsp3) is 0.600. The van der Waals surface area contributed by atoms with Crippen molar-refractivity contribution in [3.05, 3.63) is 33.9 Å². The summed E-state index contributed by atoms with van der Waals surface area (Å²) >= 11 is 5.77. The zero-order valence-corrected chi connectivity index (χ0v) is 12.6. The predicted molar refractivity (Wildman–Crippen MR) is 82.5 cm³/mol. The SMILES string of the molecule is CN(c1ccc(CCl)cc1[N+](=O)[O-])C1CCCCCC1. The number of hydrogen-bond donors (Lipinski definition) is 0. The molecule has 1 aliphatic rings. The zero-order chi connectivity index (χ0) is 14.5. The van der Waals surface area contributed by atoms with Gasteiger partial charge < -0.3 is 4.90 Å². The number of nitro groups is 1. The molecule has 110 valence electrons. The standard InChI is InChI=1S/C15H21ClN2O2/c1-17(13-6-4-2-3-5-7-13)14-9-8-12(11-16)10-15(14)18(19)20/h8-10,13H,2-7,11H2,1H3. The molecule has 4 nitrogen and oxygen atoms in total. The Kier molecular flexibility index (Phi) is 5.24. The van der Waals surface area contributed by atoms with Crippen molar-refractivity contribution in [2.45, 2.75) is 50.4 Å². The van der Waals surface area contributed by atoms with Gasteiger partial charge in [0.25, 0.3) is 5.69 Å². The van der Waals surface area contributed by atoms with Crippen LogP contribution in [0.3, 0.4) is 0 Å². The smallest absolute Gasteiger partial charge is 0.292 e. The summed E-state index contributed by atoms with van der Waals surface area (Å²) in [6.45, 7) is 0. The molecule has 2 rings (SSSR count). The molecule has 0 saturated heterocycles. The summed E-state index contributed by atoms with van der Waals surface area (Å²) < 4.78 is 0. The van der Waals surface area contributed by atoms with E-state index in [0.717, 1.165) is 18.4 Å². The number of halogens is 1. The van der Waals surface area contributed by atoms with E-state index in [0.29, 0.717) is 17.6 Å². The molecule has 0 radical (unpaired) electrons. The first-order chi connectivity index (χ1) is 9.63. The van der Waals surface area contributed by atoms with Gasteiger partial charge in [-0.15, -0.1) is 11.6 Å². The van der Waals surface area contributed by atoms with E-state index in [1.165, 1.54) is 25.7 Å². The Labute approximate surface area is 124 Å². The molecule has 1 fully saturated rings. The third kappa shape index (κ3) is 3.42. The van der Waals surface area contributed by atoms with Crippen molar-refractivity contribution in [3.63, 3.8) is 0 Å². The van der Waals surface area contributed by atoms with Gasteiger partial charge in [-0.05, 0) is 24.5 Å². The number of anilines is 1. The van der Waals surface area contributed by atoms with Crippen LogP contribution in [-0.4, -0.2) is 18.0 Å². The molecular formula is C15H21ClN2O2. The molecule has 1 saturated carbocycles. The Morgan fingerprint density at radius 2 is 1.95 bits per heavy atom. The molecular weight excluding hydrogens is 276 g/mol. The Morgan fingerprint density at radius 3 is 2.50 bits per heavy atom. The van der Waals surface area contributed by atoms with Crippen LogP contribution in [0.4, 0.5) is 11.4 Å². The molecule has 1 aromatic carbocycles. The van der Waals surface area contributed by atoms with Gasteiger partial charge in [0.2, 0.25) is 0 Å².